The van der Waals surface area contributed by atoms with Gasteiger partial charge in [-0.3, -0.25) is 9.59 Å². The maximum absolute atomic E-state index is 13.8. The van der Waals surface area contributed by atoms with Crippen LogP contribution in [-0.4, -0.2) is 29.8 Å². The highest BCUT2D eigenvalue weighted by molar-refractivity contribution is 14.1. The van der Waals surface area contributed by atoms with Crippen LogP contribution in [0.15, 0.2) is 42.5 Å². The van der Waals surface area contributed by atoms with Crippen molar-refractivity contribution in [2.45, 2.75) is 12.8 Å². The lowest BCUT2D eigenvalue weighted by atomic mass is 9.95. The second-order valence-corrected chi connectivity index (χ2v) is 7.43. The molecule has 0 saturated carbocycles. The van der Waals surface area contributed by atoms with E-state index in [4.69, 9.17) is 0 Å². The van der Waals surface area contributed by atoms with E-state index in [9.17, 15) is 18.4 Å². The molecule has 0 atom stereocenters. The van der Waals surface area contributed by atoms with Crippen LogP contribution in [0, 0.1) is 21.1 Å². The van der Waals surface area contributed by atoms with Crippen LogP contribution in [0.5, 0.6) is 0 Å². The Morgan fingerprint density at radius 2 is 1.69 bits per heavy atom. The van der Waals surface area contributed by atoms with E-state index in [0.29, 0.717) is 32.0 Å². The number of piperidine rings is 1. The number of rotatable bonds is 3. The van der Waals surface area contributed by atoms with Gasteiger partial charge in [-0.2, -0.15) is 0 Å². The molecule has 1 heterocycles. The van der Waals surface area contributed by atoms with E-state index in [-0.39, 0.29) is 17.4 Å². The molecule has 2 amide bonds. The van der Waals surface area contributed by atoms with Crippen molar-refractivity contribution in [1.82, 2.24) is 4.90 Å². The summed E-state index contributed by atoms with van der Waals surface area (Å²) in [5, 5.41) is 2.88. The van der Waals surface area contributed by atoms with Gasteiger partial charge in [0.2, 0.25) is 5.91 Å². The Labute approximate surface area is 163 Å². The highest BCUT2D eigenvalue weighted by Crippen LogP contribution is 2.22. The number of carbonyl (C=O) groups excluding carboxylic acids is 2. The molecule has 0 aromatic heterocycles. The van der Waals surface area contributed by atoms with Crippen molar-refractivity contribution in [2.24, 2.45) is 5.92 Å². The van der Waals surface area contributed by atoms with Gasteiger partial charge in [0.1, 0.15) is 11.6 Å². The first-order valence-electron chi connectivity index (χ1n) is 8.25. The summed E-state index contributed by atoms with van der Waals surface area (Å²) in [6.45, 7) is 0.723. The zero-order valence-electron chi connectivity index (χ0n) is 13.8. The van der Waals surface area contributed by atoms with Crippen molar-refractivity contribution in [1.29, 1.82) is 0 Å². The summed E-state index contributed by atoms with van der Waals surface area (Å²) in [7, 11) is 0. The van der Waals surface area contributed by atoms with Gasteiger partial charge in [-0.25, -0.2) is 8.78 Å². The minimum atomic E-state index is -0.867. The fraction of sp³-hybridized carbons (Fsp3) is 0.263. The van der Waals surface area contributed by atoms with Gasteiger partial charge in [0.05, 0.1) is 5.56 Å². The molecule has 2 aromatic rings. The molecule has 0 spiro atoms. The fourth-order valence-electron chi connectivity index (χ4n) is 2.96. The molecule has 7 heteroatoms. The normalized spacial score (nSPS) is 15.0. The van der Waals surface area contributed by atoms with Gasteiger partial charge in [-0.1, -0.05) is 0 Å². The van der Waals surface area contributed by atoms with Crippen LogP contribution >= 0.6 is 22.6 Å². The zero-order chi connectivity index (χ0) is 18.7. The topological polar surface area (TPSA) is 49.4 Å². The van der Waals surface area contributed by atoms with Crippen molar-refractivity contribution in [2.75, 3.05) is 18.4 Å². The van der Waals surface area contributed by atoms with Crippen LogP contribution in [0.3, 0.4) is 0 Å². The van der Waals surface area contributed by atoms with Crippen molar-refractivity contribution in [3.63, 3.8) is 0 Å². The first-order chi connectivity index (χ1) is 12.4. The predicted molar refractivity (Wildman–Crippen MR) is 103 cm³/mol. The molecule has 2 aromatic carbocycles. The minimum Gasteiger partial charge on any atom is -0.339 e. The summed E-state index contributed by atoms with van der Waals surface area (Å²) >= 11 is 2.19. The van der Waals surface area contributed by atoms with Gasteiger partial charge < -0.3 is 10.2 Å². The Balaban J connectivity index is 1.57. The van der Waals surface area contributed by atoms with Gasteiger partial charge in [-0.05, 0) is 71.8 Å². The summed E-state index contributed by atoms with van der Waals surface area (Å²) in [6, 6.07) is 10.4. The van der Waals surface area contributed by atoms with Crippen LogP contribution in [0.1, 0.15) is 23.2 Å². The molecule has 0 bridgehead atoms. The third-order valence-electron chi connectivity index (χ3n) is 4.43. The van der Waals surface area contributed by atoms with E-state index < -0.39 is 17.5 Å². The number of hydrogen-bond donors (Lipinski definition) is 1. The Hall–Kier alpha value is -2.03. The van der Waals surface area contributed by atoms with Gasteiger partial charge >= 0.3 is 0 Å². The molecule has 1 fully saturated rings. The van der Waals surface area contributed by atoms with Crippen molar-refractivity contribution in [3.8, 4) is 0 Å². The van der Waals surface area contributed by atoms with Crippen LogP contribution < -0.4 is 5.32 Å². The van der Waals surface area contributed by atoms with E-state index in [0.717, 1.165) is 21.4 Å². The zero-order valence-corrected chi connectivity index (χ0v) is 16.0. The van der Waals surface area contributed by atoms with Crippen LogP contribution in [-0.2, 0) is 4.79 Å². The average molecular weight is 470 g/mol. The molecule has 0 radical (unpaired) electrons. The summed E-state index contributed by atoms with van der Waals surface area (Å²) < 4.78 is 27.8. The molecular weight excluding hydrogens is 453 g/mol. The maximum atomic E-state index is 13.8. The largest absolute Gasteiger partial charge is 0.339 e. The van der Waals surface area contributed by atoms with E-state index >= 15 is 0 Å². The third-order valence-corrected chi connectivity index (χ3v) is 5.15. The van der Waals surface area contributed by atoms with Crippen molar-refractivity contribution < 1.29 is 18.4 Å². The first kappa shape index (κ1) is 18.8. The van der Waals surface area contributed by atoms with Crippen LogP contribution in [0.2, 0.25) is 0 Å². The monoisotopic (exact) mass is 470 g/mol. The number of amides is 2. The number of carbonyl (C=O) groups is 2. The van der Waals surface area contributed by atoms with Gasteiger partial charge in [0, 0.05) is 34.3 Å². The van der Waals surface area contributed by atoms with Gasteiger partial charge in [-0.15, -0.1) is 0 Å². The second kappa shape index (κ2) is 8.11. The number of nitrogens with zero attached hydrogens (tertiary/aromatic N) is 1. The summed E-state index contributed by atoms with van der Waals surface area (Å²) in [6.07, 6.45) is 1.01. The highest BCUT2D eigenvalue weighted by atomic mass is 127. The molecule has 0 unspecified atom stereocenters. The first-order valence-corrected chi connectivity index (χ1v) is 9.32. The third kappa shape index (κ3) is 4.38. The van der Waals surface area contributed by atoms with Gasteiger partial charge in [0.15, 0.2) is 0 Å². The molecule has 3 rings (SSSR count). The number of halogens is 3. The Morgan fingerprint density at radius 3 is 2.31 bits per heavy atom. The second-order valence-electron chi connectivity index (χ2n) is 6.19. The molecule has 1 saturated heterocycles. The molecule has 1 aliphatic heterocycles. The quantitative estimate of drug-likeness (QED) is 0.689. The fourth-order valence-corrected chi connectivity index (χ4v) is 3.32. The minimum absolute atomic E-state index is 0.0775. The highest BCUT2D eigenvalue weighted by Gasteiger charge is 2.29. The molecule has 1 aliphatic rings. The summed E-state index contributed by atoms with van der Waals surface area (Å²) in [5.74, 6) is -2.33. The Morgan fingerprint density at radius 1 is 1.04 bits per heavy atom. The molecule has 136 valence electrons. The number of nitrogens with one attached hydrogen (secondary N) is 1. The SMILES string of the molecule is O=C(Nc1ccc(I)cc1)C1CCN(C(=O)c2ccc(F)cc2F)CC1. The number of hydrogen-bond acceptors (Lipinski definition) is 2. The lowest BCUT2D eigenvalue weighted by molar-refractivity contribution is -0.121. The lowest BCUT2D eigenvalue weighted by Gasteiger charge is -2.31. The van der Waals surface area contributed by atoms with E-state index in [2.05, 4.69) is 27.9 Å². The molecular formula is C19H17F2IN2O2. The van der Waals surface area contributed by atoms with E-state index in [1.54, 1.807) is 0 Å². The standard InChI is InChI=1S/C19H17F2IN2O2/c20-13-1-6-16(17(21)11-13)19(26)24-9-7-12(8-10-24)18(25)23-15-4-2-14(22)3-5-15/h1-6,11-12H,7-10H2,(H,23,25). The molecule has 1 N–H and O–H groups in total. The maximum Gasteiger partial charge on any atom is 0.256 e. The predicted octanol–water partition coefficient (Wildman–Crippen LogP) is 4.06. The number of anilines is 1. The Kier molecular flexibility index (Phi) is 5.85. The number of benzene rings is 2. The number of likely N-dealkylation sites (tertiary alicyclic amines) is 1. The average Bonchev–Trinajstić information content (AvgIpc) is 2.63. The van der Waals surface area contributed by atoms with E-state index in [1.807, 2.05) is 24.3 Å². The van der Waals surface area contributed by atoms with Gasteiger partial charge in [0.25, 0.3) is 5.91 Å². The van der Waals surface area contributed by atoms with E-state index in [1.165, 1.54) is 4.90 Å². The molecule has 4 nitrogen and oxygen atoms in total. The molecule has 26 heavy (non-hydrogen) atoms. The lowest BCUT2D eigenvalue weighted by Crippen LogP contribution is -2.41. The Bertz CT molecular complexity index is 819. The summed E-state index contributed by atoms with van der Waals surface area (Å²) in [5.41, 5.74) is 0.593. The smallest absolute Gasteiger partial charge is 0.256 e. The molecule has 0 aliphatic carbocycles. The van der Waals surface area contributed by atoms with Crippen LogP contribution in [0.25, 0.3) is 0 Å². The summed E-state index contributed by atoms with van der Waals surface area (Å²) in [4.78, 5) is 26.3. The van der Waals surface area contributed by atoms with Crippen molar-refractivity contribution in [3.05, 3.63) is 63.2 Å². The van der Waals surface area contributed by atoms with Crippen LogP contribution in [0.4, 0.5) is 14.5 Å². The van der Waals surface area contributed by atoms with Crippen molar-refractivity contribution >= 4 is 40.1 Å².